The number of hydrogen-bond acceptors (Lipinski definition) is 6. The minimum atomic E-state index is -1.35. The number of carbonyl (C=O) groups is 3. The lowest BCUT2D eigenvalue weighted by atomic mass is 9.88. The summed E-state index contributed by atoms with van der Waals surface area (Å²) in [6, 6.07) is 0. The molecule has 0 amide bonds. The second kappa shape index (κ2) is 5.13. The first-order valence-electron chi connectivity index (χ1n) is 5.48. The SMILES string of the molecule is CC(=O)c1c(C)oc([N+](=O)[O-])c1C(C(C)=O)C(C)=O. The molecule has 19 heavy (non-hydrogen) atoms. The van der Waals surface area contributed by atoms with Crippen molar-refractivity contribution >= 4 is 23.2 Å². The Kier molecular flexibility index (Phi) is 3.98. The molecule has 1 rings (SSSR count). The van der Waals surface area contributed by atoms with Gasteiger partial charge in [0, 0.05) is 0 Å². The highest BCUT2D eigenvalue weighted by Gasteiger charge is 2.38. The number of furan rings is 1. The number of ketones is 3. The summed E-state index contributed by atoms with van der Waals surface area (Å²) in [6.07, 6.45) is 0. The van der Waals surface area contributed by atoms with Crippen LogP contribution in [0.15, 0.2) is 4.42 Å². The third-order valence-electron chi connectivity index (χ3n) is 2.72. The minimum absolute atomic E-state index is 0.0294. The average molecular weight is 267 g/mol. The molecule has 7 nitrogen and oxygen atoms in total. The van der Waals surface area contributed by atoms with E-state index in [-0.39, 0.29) is 16.9 Å². The van der Waals surface area contributed by atoms with Crippen LogP contribution in [-0.2, 0) is 9.59 Å². The molecule has 7 heteroatoms. The lowest BCUT2D eigenvalue weighted by Crippen LogP contribution is -2.20. The van der Waals surface area contributed by atoms with E-state index in [2.05, 4.69) is 0 Å². The first-order chi connectivity index (χ1) is 8.68. The van der Waals surface area contributed by atoms with Crippen molar-refractivity contribution in [1.82, 2.24) is 0 Å². The van der Waals surface area contributed by atoms with Gasteiger partial charge in [0.25, 0.3) is 0 Å². The molecule has 0 aliphatic rings. The standard InChI is InChI=1S/C12H13NO6/c1-5(14)9(6(2)15)11-10(7(3)16)8(4)19-12(11)13(17)18/h9H,1-4H3. The van der Waals surface area contributed by atoms with Gasteiger partial charge in [-0.2, -0.15) is 0 Å². The van der Waals surface area contributed by atoms with Crippen LogP contribution in [0.5, 0.6) is 0 Å². The van der Waals surface area contributed by atoms with Gasteiger partial charge in [0.2, 0.25) is 0 Å². The van der Waals surface area contributed by atoms with Gasteiger partial charge in [0.1, 0.15) is 33.7 Å². The molecule has 0 bridgehead atoms. The summed E-state index contributed by atoms with van der Waals surface area (Å²) in [6.45, 7) is 4.86. The highest BCUT2D eigenvalue weighted by Crippen LogP contribution is 2.36. The Bertz CT molecular complexity index is 569. The molecule has 0 saturated carbocycles. The van der Waals surface area contributed by atoms with E-state index in [9.17, 15) is 24.5 Å². The lowest BCUT2D eigenvalue weighted by Gasteiger charge is -2.08. The van der Waals surface area contributed by atoms with Gasteiger partial charge in [-0.3, -0.25) is 24.5 Å². The summed E-state index contributed by atoms with van der Waals surface area (Å²) in [4.78, 5) is 44.8. The fraction of sp³-hybridized carbons (Fsp3) is 0.417. The molecule has 0 saturated heterocycles. The molecular weight excluding hydrogens is 254 g/mol. The van der Waals surface area contributed by atoms with E-state index in [1.807, 2.05) is 0 Å². The van der Waals surface area contributed by atoms with Crippen LogP contribution in [0, 0.1) is 17.0 Å². The fourth-order valence-corrected chi connectivity index (χ4v) is 2.08. The molecule has 0 fully saturated rings. The highest BCUT2D eigenvalue weighted by molar-refractivity contribution is 6.09. The van der Waals surface area contributed by atoms with Crippen molar-refractivity contribution in [3.63, 3.8) is 0 Å². The van der Waals surface area contributed by atoms with Crippen molar-refractivity contribution in [1.29, 1.82) is 0 Å². The monoisotopic (exact) mass is 267 g/mol. The van der Waals surface area contributed by atoms with Gasteiger partial charge in [-0.1, -0.05) is 0 Å². The van der Waals surface area contributed by atoms with Crippen LogP contribution in [0.4, 0.5) is 5.88 Å². The lowest BCUT2D eigenvalue weighted by molar-refractivity contribution is -0.403. The van der Waals surface area contributed by atoms with Crippen LogP contribution < -0.4 is 0 Å². The molecule has 0 atom stereocenters. The predicted octanol–water partition coefficient (Wildman–Crippen LogP) is 1.96. The first kappa shape index (κ1) is 14.7. The molecule has 102 valence electrons. The van der Waals surface area contributed by atoms with Crippen LogP contribution in [0.3, 0.4) is 0 Å². The summed E-state index contributed by atoms with van der Waals surface area (Å²) < 4.78 is 4.93. The van der Waals surface area contributed by atoms with Gasteiger partial charge in [0.15, 0.2) is 5.78 Å². The Morgan fingerprint density at radius 3 is 1.95 bits per heavy atom. The summed E-state index contributed by atoms with van der Waals surface area (Å²) in [5.41, 5.74) is -0.308. The zero-order chi connectivity index (χ0) is 14.9. The summed E-state index contributed by atoms with van der Waals surface area (Å²) >= 11 is 0. The Morgan fingerprint density at radius 2 is 1.63 bits per heavy atom. The van der Waals surface area contributed by atoms with E-state index in [0.717, 1.165) is 13.8 Å². The minimum Gasteiger partial charge on any atom is -0.405 e. The molecule has 0 spiro atoms. The smallest absolute Gasteiger partial charge is 0.405 e. The van der Waals surface area contributed by atoms with Crippen LogP contribution in [0.25, 0.3) is 0 Å². The van der Waals surface area contributed by atoms with Crippen LogP contribution in [0.2, 0.25) is 0 Å². The molecule has 1 aromatic rings. The van der Waals surface area contributed by atoms with Gasteiger partial charge >= 0.3 is 5.88 Å². The maximum absolute atomic E-state index is 11.6. The van der Waals surface area contributed by atoms with Gasteiger partial charge in [-0.15, -0.1) is 0 Å². The third-order valence-corrected chi connectivity index (χ3v) is 2.72. The molecule has 0 N–H and O–H groups in total. The number of aryl methyl sites for hydroxylation is 1. The van der Waals surface area contributed by atoms with Crippen LogP contribution in [0.1, 0.15) is 48.4 Å². The highest BCUT2D eigenvalue weighted by atomic mass is 16.6. The zero-order valence-corrected chi connectivity index (χ0v) is 11.0. The molecule has 0 unspecified atom stereocenters. The fourth-order valence-electron chi connectivity index (χ4n) is 2.08. The maximum atomic E-state index is 11.6. The van der Waals surface area contributed by atoms with Crippen LogP contribution in [-0.4, -0.2) is 22.3 Å². The van der Waals surface area contributed by atoms with Crippen molar-refractivity contribution in [2.45, 2.75) is 33.6 Å². The summed E-state index contributed by atoms with van der Waals surface area (Å²) in [5, 5.41) is 10.9. The molecule has 0 aliphatic carbocycles. The van der Waals surface area contributed by atoms with E-state index in [1.165, 1.54) is 13.8 Å². The van der Waals surface area contributed by atoms with Crippen molar-refractivity contribution in [2.24, 2.45) is 0 Å². The van der Waals surface area contributed by atoms with Crippen molar-refractivity contribution in [3.8, 4) is 0 Å². The topological polar surface area (TPSA) is 107 Å². The Labute approximate surface area is 108 Å². The van der Waals surface area contributed by atoms with Gasteiger partial charge in [-0.25, -0.2) is 0 Å². The third kappa shape index (κ3) is 2.59. The molecule has 1 aromatic heterocycles. The second-order valence-electron chi connectivity index (χ2n) is 4.22. The average Bonchev–Trinajstić information content (AvgIpc) is 2.54. The molecule has 0 aromatic carbocycles. The number of nitrogens with zero attached hydrogens (tertiary/aromatic N) is 1. The first-order valence-corrected chi connectivity index (χ1v) is 5.48. The zero-order valence-electron chi connectivity index (χ0n) is 11.0. The molecule has 0 radical (unpaired) electrons. The van der Waals surface area contributed by atoms with E-state index in [1.54, 1.807) is 0 Å². The number of nitro groups is 1. The molecular formula is C12H13NO6. The molecule has 1 heterocycles. The van der Waals surface area contributed by atoms with E-state index < -0.39 is 34.1 Å². The van der Waals surface area contributed by atoms with Gasteiger partial charge in [-0.05, 0) is 27.7 Å². The van der Waals surface area contributed by atoms with Crippen molar-refractivity contribution in [2.75, 3.05) is 0 Å². The number of rotatable bonds is 5. The Morgan fingerprint density at radius 1 is 1.16 bits per heavy atom. The number of Topliss-reactive ketones (excluding diaryl/α,β-unsaturated/α-hetero) is 3. The maximum Gasteiger partial charge on any atom is 0.438 e. The Balaban J connectivity index is 3.71. The van der Waals surface area contributed by atoms with Crippen molar-refractivity contribution < 1.29 is 23.7 Å². The van der Waals surface area contributed by atoms with E-state index >= 15 is 0 Å². The predicted molar refractivity (Wildman–Crippen MR) is 64.2 cm³/mol. The van der Waals surface area contributed by atoms with Crippen LogP contribution >= 0.6 is 0 Å². The number of carbonyl (C=O) groups excluding carboxylic acids is 3. The second-order valence-corrected chi connectivity index (χ2v) is 4.22. The van der Waals surface area contributed by atoms with Gasteiger partial charge < -0.3 is 4.42 Å². The Hall–Kier alpha value is -2.31. The van der Waals surface area contributed by atoms with Crippen molar-refractivity contribution in [3.05, 3.63) is 27.0 Å². The largest absolute Gasteiger partial charge is 0.438 e. The summed E-state index contributed by atoms with van der Waals surface area (Å²) in [5.74, 6) is -3.67. The van der Waals surface area contributed by atoms with Gasteiger partial charge in [0.05, 0.1) is 5.56 Å². The summed E-state index contributed by atoms with van der Waals surface area (Å²) in [7, 11) is 0. The normalized spacial score (nSPS) is 10.6. The van der Waals surface area contributed by atoms with E-state index in [0.29, 0.717) is 0 Å². The number of hydrogen-bond donors (Lipinski definition) is 0. The quantitative estimate of drug-likeness (QED) is 0.349. The van der Waals surface area contributed by atoms with E-state index in [4.69, 9.17) is 4.42 Å². The molecule has 0 aliphatic heterocycles.